The number of nitrogens with one attached hydrogen (secondary N) is 1. The number of aromatic amines is 1. The molecule has 4 heterocycles. The second-order valence-corrected chi connectivity index (χ2v) is 6.80. The molecule has 0 saturated carbocycles. The van der Waals surface area contributed by atoms with Gasteiger partial charge in [-0.25, -0.2) is 15.0 Å². The lowest BCUT2D eigenvalue weighted by atomic mass is 9.94. The first-order chi connectivity index (χ1) is 12.7. The third kappa shape index (κ3) is 3.66. The van der Waals surface area contributed by atoms with Crippen LogP contribution in [-0.4, -0.2) is 37.6 Å². The average Bonchev–Trinajstić information content (AvgIpc) is 3.15. The van der Waals surface area contributed by atoms with E-state index in [0.29, 0.717) is 5.82 Å². The van der Waals surface area contributed by atoms with E-state index in [9.17, 15) is 4.79 Å². The normalized spacial score (nSPS) is 17.4. The van der Waals surface area contributed by atoms with Crippen molar-refractivity contribution in [2.45, 2.75) is 32.2 Å². The molecule has 1 aliphatic heterocycles. The second-order valence-electron chi connectivity index (χ2n) is 6.80. The van der Waals surface area contributed by atoms with Crippen LogP contribution < -0.4 is 10.5 Å². The van der Waals surface area contributed by atoms with E-state index in [1.165, 1.54) is 0 Å². The third-order valence-corrected chi connectivity index (χ3v) is 4.78. The van der Waals surface area contributed by atoms with Crippen molar-refractivity contribution in [3.63, 3.8) is 0 Å². The number of H-pyrrole nitrogens is 1. The zero-order chi connectivity index (χ0) is 17.9. The van der Waals surface area contributed by atoms with Crippen LogP contribution in [0.1, 0.15) is 35.8 Å². The zero-order valence-corrected chi connectivity index (χ0v) is 14.8. The van der Waals surface area contributed by atoms with E-state index in [-0.39, 0.29) is 11.5 Å². The van der Waals surface area contributed by atoms with Crippen molar-refractivity contribution in [1.29, 1.82) is 0 Å². The van der Waals surface area contributed by atoms with Gasteiger partial charge in [-0.1, -0.05) is 6.07 Å². The van der Waals surface area contributed by atoms with Gasteiger partial charge in [0.05, 0.1) is 12.0 Å². The van der Waals surface area contributed by atoms with E-state index in [2.05, 4.69) is 37.0 Å². The first kappa shape index (κ1) is 16.5. The Kier molecular flexibility index (Phi) is 4.51. The van der Waals surface area contributed by atoms with Crippen molar-refractivity contribution in [2.75, 3.05) is 18.0 Å². The summed E-state index contributed by atoms with van der Waals surface area (Å²) in [6, 6.07) is 5.81. The Morgan fingerprint density at radius 1 is 1.35 bits per heavy atom. The van der Waals surface area contributed by atoms with Gasteiger partial charge in [-0.3, -0.25) is 4.79 Å². The van der Waals surface area contributed by atoms with Gasteiger partial charge in [-0.15, -0.1) is 0 Å². The van der Waals surface area contributed by atoms with Gasteiger partial charge in [0.1, 0.15) is 11.6 Å². The number of aryl methyl sites for hydroxylation is 1. The Balaban J connectivity index is 1.48. The number of imidazole rings is 1. The summed E-state index contributed by atoms with van der Waals surface area (Å²) < 4.78 is 2.02. The van der Waals surface area contributed by atoms with Crippen molar-refractivity contribution in [1.82, 2.24) is 24.5 Å². The van der Waals surface area contributed by atoms with Crippen molar-refractivity contribution in [3.8, 4) is 0 Å². The number of rotatable bonds is 4. The largest absolute Gasteiger partial charge is 0.356 e. The van der Waals surface area contributed by atoms with Gasteiger partial charge in [0.25, 0.3) is 5.56 Å². The monoisotopic (exact) mass is 350 g/mol. The van der Waals surface area contributed by atoms with Gasteiger partial charge in [-0.2, -0.15) is 0 Å². The number of hydrogen-bond donors (Lipinski definition) is 1. The number of aromatic nitrogens is 5. The minimum Gasteiger partial charge on any atom is -0.356 e. The molecule has 0 aromatic carbocycles. The molecule has 3 aromatic rings. The van der Waals surface area contributed by atoms with Crippen LogP contribution in [0.4, 0.5) is 5.82 Å². The maximum absolute atomic E-state index is 11.7. The minimum absolute atomic E-state index is 0.0772. The summed E-state index contributed by atoms with van der Waals surface area (Å²) >= 11 is 0. The summed E-state index contributed by atoms with van der Waals surface area (Å²) in [6.07, 6.45) is 9.57. The Bertz CT molecular complexity index is 916. The van der Waals surface area contributed by atoms with E-state index in [4.69, 9.17) is 0 Å². The highest BCUT2D eigenvalue weighted by atomic mass is 16.1. The van der Waals surface area contributed by atoms with Gasteiger partial charge in [0.2, 0.25) is 0 Å². The fourth-order valence-corrected chi connectivity index (χ4v) is 3.53. The summed E-state index contributed by atoms with van der Waals surface area (Å²) in [6.45, 7) is 4.41. The molecule has 0 radical (unpaired) electrons. The maximum Gasteiger partial charge on any atom is 0.251 e. The lowest BCUT2D eigenvalue weighted by Gasteiger charge is -2.33. The molecule has 7 nitrogen and oxygen atoms in total. The van der Waals surface area contributed by atoms with Crippen molar-refractivity contribution >= 4 is 5.82 Å². The Morgan fingerprint density at radius 3 is 3.00 bits per heavy atom. The van der Waals surface area contributed by atoms with E-state index in [0.717, 1.165) is 49.6 Å². The summed E-state index contributed by atoms with van der Waals surface area (Å²) in [4.78, 5) is 30.0. The van der Waals surface area contributed by atoms with Gasteiger partial charge in [0.15, 0.2) is 0 Å². The molecule has 7 heteroatoms. The summed E-state index contributed by atoms with van der Waals surface area (Å²) in [5.41, 5.74) is 1.95. The van der Waals surface area contributed by atoms with Crippen LogP contribution in [0.2, 0.25) is 0 Å². The van der Waals surface area contributed by atoms with E-state index in [1.54, 1.807) is 18.6 Å². The van der Waals surface area contributed by atoms with Crippen LogP contribution in [0, 0.1) is 6.92 Å². The predicted octanol–water partition coefficient (Wildman–Crippen LogP) is 2.10. The average molecular weight is 350 g/mol. The molecule has 3 aromatic heterocycles. The topological polar surface area (TPSA) is 79.7 Å². The third-order valence-electron chi connectivity index (χ3n) is 4.78. The molecule has 26 heavy (non-hydrogen) atoms. The summed E-state index contributed by atoms with van der Waals surface area (Å²) in [5, 5.41) is 0. The highest BCUT2D eigenvalue weighted by Crippen LogP contribution is 2.27. The maximum atomic E-state index is 11.7. The molecule has 0 bridgehead atoms. The Labute approximate surface area is 151 Å². The zero-order valence-electron chi connectivity index (χ0n) is 14.8. The van der Waals surface area contributed by atoms with Gasteiger partial charge in [-0.05, 0) is 31.4 Å². The van der Waals surface area contributed by atoms with Crippen molar-refractivity contribution < 1.29 is 0 Å². The fraction of sp³-hybridized carbons (Fsp3) is 0.368. The highest BCUT2D eigenvalue weighted by molar-refractivity contribution is 5.40. The summed E-state index contributed by atoms with van der Waals surface area (Å²) in [5.74, 6) is 1.91. The van der Waals surface area contributed by atoms with Gasteiger partial charge >= 0.3 is 0 Å². The van der Waals surface area contributed by atoms with Crippen LogP contribution >= 0.6 is 0 Å². The Morgan fingerprint density at radius 2 is 2.27 bits per heavy atom. The van der Waals surface area contributed by atoms with Crippen LogP contribution in [0.25, 0.3) is 0 Å². The summed E-state index contributed by atoms with van der Waals surface area (Å²) in [7, 11) is 0. The first-order valence-electron chi connectivity index (χ1n) is 8.91. The second kappa shape index (κ2) is 7.11. The molecule has 1 N–H and O–H groups in total. The molecular formula is C19H22N6O. The molecule has 0 spiro atoms. The Hall–Kier alpha value is -2.96. The molecule has 1 aliphatic rings. The highest BCUT2D eigenvalue weighted by Gasteiger charge is 2.23. The van der Waals surface area contributed by atoms with Crippen LogP contribution in [-0.2, 0) is 6.54 Å². The molecule has 1 atom stereocenters. The van der Waals surface area contributed by atoms with Crippen LogP contribution in [0.15, 0.2) is 47.9 Å². The molecule has 0 aliphatic carbocycles. The predicted molar refractivity (Wildman–Crippen MR) is 99.3 cm³/mol. The quantitative estimate of drug-likeness (QED) is 0.779. The lowest BCUT2D eigenvalue weighted by molar-refractivity contribution is 0.496. The van der Waals surface area contributed by atoms with E-state index >= 15 is 0 Å². The molecule has 1 saturated heterocycles. The molecule has 0 unspecified atom stereocenters. The van der Waals surface area contributed by atoms with Crippen LogP contribution in [0.5, 0.6) is 0 Å². The molecule has 134 valence electrons. The standard InChI is InChI=1S/C19H22N6O/c1-14-22-17(9-19(26)23-14)16-3-2-7-25(12-16)18-5-4-15(10-21-18)11-24-8-6-20-13-24/h4-6,8-10,13,16H,2-3,7,11-12H2,1H3,(H,22,23,26)/t16-/m0/s1. The SMILES string of the molecule is Cc1nc([C@H]2CCCN(c3ccc(Cn4ccnc4)cn3)C2)cc(=O)[nH]1. The van der Waals surface area contributed by atoms with Crippen molar-refractivity contribution in [3.05, 3.63) is 70.6 Å². The molecular weight excluding hydrogens is 328 g/mol. The lowest BCUT2D eigenvalue weighted by Crippen LogP contribution is -2.35. The van der Waals surface area contributed by atoms with Crippen LogP contribution in [0.3, 0.4) is 0 Å². The number of piperidine rings is 1. The number of pyridine rings is 1. The number of hydrogen-bond acceptors (Lipinski definition) is 5. The first-order valence-corrected chi connectivity index (χ1v) is 8.91. The van der Waals surface area contributed by atoms with Gasteiger partial charge < -0.3 is 14.5 Å². The number of nitrogens with zero attached hydrogens (tertiary/aromatic N) is 5. The van der Waals surface area contributed by atoms with E-state index in [1.807, 2.05) is 23.9 Å². The van der Waals surface area contributed by atoms with E-state index < -0.39 is 0 Å². The molecule has 1 fully saturated rings. The number of anilines is 1. The molecule has 4 rings (SSSR count). The minimum atomic E-state index is -0.0772. The fourth-order valence-electron chi connectivity index (χ4n) is 3.53. The van der Waals surface area contributed by atoms with Gasteiger partial charge in [0, 0.05) is 50.2 Å². The van der Waals surface area contributed by atoms with Crippen molar-refractivity contribution in [2.24, 2.45) is 0 Å². The smallest absolute Gasteiger partial charge is 0.251 e. The molecule has 0 amide bonds.